The van der Waals surface area contributed by atoms with Crippen molar-refractivity contribution in [3.8, 4) is 0 Å². The van der Waals surface area contributed by atoms with Crippen molar-refractivity contribution < 1.29 is 4.79 Å². The number of benzene rings is 1. The van der Waals surface area contributed by atoms with E-state index >= 15 is 0 Å². The Morgan fingerprint density at radius 1 is 1.36 bits per heavy atom. The topological polar surface area (TPSA) is 17.1 Å². The van der Waals surface area contributed by atoms with Gasteiger partial charge in [0.05, 0.1) is 0 Å². The Morgan fingerprint density at radius 3 is 3.00 bits per heavy atom. The van der Waals surface area contributed by atoms with Gasteiger partial charge >= 0.3 is 0 Å². The second-order valence-electron chi connectivity index (χ2n) is 3.76. The van der Waals surface area contributed by atoms with Gasteiger partial charge in [0.1, 0.15) is 6.29 Å². The number of aldehydes is 1. The predicted molar refractivity (Wildman–Crippen MR) is 60.6 cm³/mol. The SMILES string of the molecule is O=CCCc1cc(Br)cc2c1CCC2. The molecule has 1 aromatic carbocycles. The van der Waals surface area contributed by atoms with Crippen LogP contribution in [0.25, 0.3) is 0 Å². The molecule has 1 nitrogen and oxygen atoms in total. The highest BCUT2D eigenvalue weighted by molar-refractivity contribution is 9.10. The molecule has 1 aliphatic rings. The predicted octanol–water partition coefficient (Wildman–Crippen LogP) is 3.07. The quantitative estimate of drug-likeness (QED) is 0.756. The maximum Gasteiger partial charge on any atom is 0.120 e. The zero-order valence-electron chi connectivity index (χ0n) is 8.05. The lowest BCUT2D eigenvalue weighted by atomic mass is 10.00. The highest BCUT2D eigenvalue weighted by Crippen LogP contribution is 2.29. The van der Waals surface area contributed by atoms with Gasteiger partial charge in [-0.2, -0.15) is 0 Å². The van der Waals surface area contributed by atoms with Crippen molar-refractivity contribution in [2.75, 3.05) is 0 Å². The molecule has 0 unspecified atom stereocenters. The molecule has 0 fully saturated rings. The highest BCUT2D eigenvalue weighted by atomic mass is 79.9. The second-order valence-corrected chi connectivity index (χ2v) is 4.68. The van der Waals surface area contributed by atoms with E-state index in [4.69, 9.17) is 0 Å². The molecule has 0 bridgehead atoms. The van der Waals surface area contributed by atoms with E-state index < -0.39 is 0 Å². The number of carbonyl (C=O) groups is 1. The number of fused-ring (bicyclic) bond motifs is 1. The van der Waals surface area contributed by atoms with Crippen molar-refractivity contribution in [2.45, 2.75) is 32.1 Å². The van der Waals surface area contributed by atoms with Crippen LogP contribution in [0.5, 0.6) is 0 Å². The Bertz CT molecular complexity index is 358. The lowest BCUT2D eigenvalue weighted by Crippen LogP contribution is -1.94. The molecule has 0 aliphatic heterocycles. The molecule has 0 N–H and O–H groups in total. The van der Waals surface area contributed by atoms with Crippen LogP contribution in [0.2, 0.25) is 0 Å². The van der Waals surface area contributed by atoms with E-state index in [1.165, 1.54) is 36.0 Å². The molecule has 1 aliphatic carbocycles. The highest BCUT2D eigenvalue weighted by Gasteiger charge is 2.15. The molecule has 0 atom stereocenters. The molecular formula is C12H13BrO. The van der Waals surface area contributed by atoms with Gasteiger partial charge in [0.15, 0.2) is 0 Å². The fraction of sp³-hybridized carbons (Fsp3) is 0.417. The fourth-order valence-corrected chi connectivity index (χ4v) is 2.74. The van der Waals surface area contributed by atoms with Crippen LogP contribution in [-0.4, -0.2) is 6.29 Å². The van der Waals surface area contributed by atoms with E-state index in [1.54, 1.807) is 0 Å². The van der Waals surface area contributed by atoms with Crippen LogP contribution in [0.4, 0.5) is 0 Å². The number of hydrogen-bond donors (Lipinski definition) is 0. The molecule has 0 aromatic heterocycles. The number of hydrogen-bond acceptors (Lipinski definition) is 1. The Labute approximate surface area is 92.6 Å². The van der Waals surface area contributed by atoms with E-state index in [0.717, 1.165) is 17.2 Å². The molecule has 0 saturated heterocycles. The Morgan fingerprint density at radius 2 is 2.21 bits per heavy atom. The van der Waals surface area contributed by atoms with Crippen LogP contribution in [0, 0.1) is 0 Å². The third kappa shape index (κ3) is 1.90. The third-order valence-electron chi connectivity index (χ3n) is 2.80. The van der Waals surface area contributed by atoms with Crippen LogP contribution in [0.15, 0.2) is 16.6 Å². The number of rotatable bonds is 3. The molecule has 74 valence electrons. The van der Waals surface area contributed by atoms with E-state index in [1.807, 2.05) is 0 Å². The summed E-state index contributed by atoms with van der Waals surface area (Å²) in [5.74, 6) is 0. The van der Waals surface area contributed by atoms with Gasteiger partial charge in [-0.05, 0) is 54.5 Å². The smallest absolute Gasteiger partial charge is 0.120 e. The molecule has 0 heterocycles. The van der Waals surface area contributed by atoms with Crippen molar-refractivity contribution in [2.24, 2.45) is 0 Å². The van der Waals surface area contributed by atoms with Gasteiger partial charge in [-0.1, -0.05) is 15.9 Å². The molecule has 2 heteroatoms. The summed E-state index contributed by atoms with van der Waals surface area (Å²) in [5.41, 5.74) is 4.33. The van der Waals surface area contributed by atoms with Gasteiger partial charge in [-0.15, -0.1) is 0 Å². The average Bonchev–Trinajstić information content (AvgIpc) is 2.61. The first-order chi connectivity index (χ1) is 6.81. The molecular weight excluding hydrogens is 240 g/mol. The maximum atomic E-state index is 10.4. The van der Waals surface area contributed by atoms with Crippen molar-refractivity contribution in [3.05, 3.63) is 33.3 Å². The lowest BCUT2D eigenvalue weighted by molar-refractivity contribution is -0.107. The maximum absolute atomic E-state index is 10.4. The van der Waals surface area contributed by atoms with Crippen molar-refractivity contribution in [3.63, 3.8) is 0 Å². The zero-order chi connectivity index (χ0) is 9.97. The van der Waals surface area contributed by atoms with Gasteiger partial charge in [0, 0.05) is 10.9 Å². The van der Waals surface area contributed by atoms with Gasteiger partial charge in [-0.25, -0.2) is 0 Å². The minimum atomic E-state index is 0.642. The minimum absolute atomic E-state index is 0.642. The van der Waals surface area contributed by atoms with Crippen LogP contribution < -0.4 is 0 Å². The fourth-order valence-electron chi connectivity index (χ4n) is 2.19. The molecule has 0 spiro atoms. The summed E-state index contributed by atoms with van der Waals surface area (Å²) in [7, 11) is 0. The molecule has 1 aromatic rings. The summed E-state index contributed by atoms with van der Waals surface area (Å²) in [6.45, 7) is 0. The first-order valence-electron chi connectivity index (χ1n) is 5.05. The van der Waals surface area contributed by atoms with Crippen LogP contribution >= 0.6 is 15.9 Å². The molecule has 14 heavy (non-hydrogen) atoms. The summed E-state index contributed by atoms with van der Waals surface area (Å²) in [6.07, 6.45) is 6.19. The van der Waals surface area contributed by atoms with Gasteiger partial charge in [-0.3, -0.25) is 0 Å². The average molecular weight is 253 g/mol. The first-order valence-corrected chi connectivity index (χ1v) is 5.84. The minimum Gasteiger partial charge on any atom is -0.303 e. The van der Waals surface area contributed by atoms with E-state index in [2.05, 4.69) is 28.1 Å². The third-order valence-corrected chi connectivity index (χ3v) is 3.26. The number of halogens is 1. The van der Waals surface area contributed by atoms with Gasteiger partial charge in [0.2, 0.25) is 0 Å². The summed E-state index contributed by atoms with van der Waals surface area (Å²) >= 11 is 3.52. The first kappa shape index (κ1) is 9.91. The lowest BCUT2D eigenvalue weighted by Gasteiger charge is -2.07. The van der Waals surface area contributed by atoms with Gasteiger partial charge in [0.25, 0.3) is 0 Å². The van der Waals surface area contributed by atoms with Crippen molar-refractivity contribution >= 4 is 22.2 Å². The summed E-state index contributed by atoms with van der Waals surface area (Å²) in [5, 5.41) is 0. The van der Waals surface area contributed by atoms with Gasteiger partial charge < -0.3 is 4.79 Å². The zero-order valence-corrected chi connectivity index (χ0v) is 9.64. The Hall–Kier alpha value is -0.630. The summed E-state index contributed by atoms with van der Waals surface area (Å²) in [6, 6.07) is 4.38. The Balaban J connectivity index is 2.33. The van der Waals surface area contributed by atoms with Crippen molar-refractivity contribution in [1.82, 2.24) is 0 Å². The second kappa shape index (κ2) is 4.26. The number of aryl methyl sites for hydroxylation is 2. The summed E-state index contributed by atoms with van der Waals surface area (Å²) in [4.78, 5) is 10.4. The Kier molecular flexibility index (Phi) is 3.02. The normalized spacial score (nSPS) is 14.1. The monoisotopic (exact) mass is 252 g/mol. The molecule has 0 saturated carbocycles. The number of carbonyl (C=O) groups excluding carboxylic acids is 1. The molecule has 0 radical (unpaired) electrons. The molecule has 0 amide bonds. The van der Waals surface area contributed by atoms with Crippen LogP contribution in [-0.2, 0) is 24.1 Å². The van der Waals surface area contributed by atoms with E-state index in [0.29, 0.717) is 6.42 Å². The van der Waals surface area contributed by atoms with Crippen LogP contribution in [0.3, 0.4) is 0 Å². The van der Waals surface area contributed by atoms with Crippen LogP contribution in [0.1, 0.15) is 29.5 Å². The van der Waals surface area contributed by atoms with E-state index in [9.17, 15) is 4.79 Å². The van der Waals surface area contributed by atoms with E-state index in [-0.39, 0.29) is 0 Å². The summed E-state index contributed by atoms with van der Waals surface area (Å²) < 4.78 is 1.15. The standard InChI is InChI=1S/C12H13BrO/c13-11-7-9-3-1-5-12(9)10(8-11)4-2-6-14/h6-8H,1-5H2. The largest absolute Gasteiger partial charge is 0.303 e. The van der Waals surface area contributed by atoms with Crippen molar-refractivity contribution in [1.29, 1.82) is 0 Å². The molecule has 2 rings (SSSR count).